The third-order valence-corrected chi connectivity index (χ3v) is 5.25. The predicted molar refractivity (Wildman–Crippen MR) is 112 cm³/mol. The lowest BCUT2D eigenvalue weighted by molar-refractivity contribution is 0.443. The highest BCUT2D eigenvalue weighted by Gasteiger charge is 2.16. The van der Waals surface area contributed by atoms with Gasteiger partial charge in [-0.3, -0.25) is 0 Å². The Balaban J connectivity index is 2.35. The molecule has 0 aliphatic heterocycles. The topological polar surface area (TPSA) is 3.24 Å². The molecule has 25 heavy (non-hydrogen) atoms. The average molecular weight is 336 g/mol. The number of hydrogen-bond acceptors (Lipinski definition) is 1. The maximum Gasteiger partial charge on any atom is 0.0166 e. The van der Waals surface area contributed by atoms with Crippen molar-refractivity contribution in [2.24, 2.45) is 0 Å². The second kappa shape index (κ2) is 9.46. The van der Waals surface area contributed by atoms with Gasteiger partial charge < -0.3 is 4.90 Å². The molecule has 1 aliphatic rings. The Kier molecular flexibility index (Phi) is 7.31. The fraction of sp³-hybridized carbons (Fsp3) is 0.417. The van der Waals surface area contributed by atoms with Gasteiger partial charge in [0.2, 0.25) is 0 Å². The van der Waals surface area contributed by atoms with Crippen LogP contribution in [0.2, 0.25) is 0 Å². The summed E-state index contributed by atoms with van der Waals surface area (Å²) in [5.41, 5.74) is 6.56. The van der Waals surface area contributed by atoms with Gasteiger partial charge in [-0.15, -0.1) is 6.58 Å². The maximum absolute atomic E-state index is 4.06. The monoisotopic (exact) mass is 335 g/mol. The smallest absolute Gasteiger partial charge is 0.0166 e. The van der Waals surface area contributed by atoms with Gasteiger partial charge in [-0.1, -0.05) is 62.3 Å². The zero-order chi connectivity index (χ0) is 18.2. The number of benzene rings is 1. The van der Waals surface area contributed by atoms with E-state index < -0.39 is 0 Å². The molecule has 0 saturated heterocycles. The van der Waals surface area contributed by atoms with Gasteiger partial charge in [0.05, 0.1) is 0 Å². The first-order valence-corrected chi connectivity index (χ1v) is 9.49. The van der Waals surface area contributed by atoms with E-state index in [0.717, 1.165) is 12.3 Å². The van der Waals surface area contributed by atoms with Gasteiger partial charge >= 0.3 is 0 Å². The molecule has 0 amide bonds. The summed E-state index contributed by atoms with van der Waals surface area (Å²) in [6, 6.07) is 7.00. The molecule has 1 saturated carbocycles. The number of allylic oxidation sites excluding steroid dienone is 5. The van der Waals surface area contributed by atoms with Crippen LogP contribution >= 0.6 is 0 Å². The van der Waals surface area contributed by atoms with Gasteiger partial charge in [0, 0.05) is 26.2 Å². The summed E-state index contributed by atoms with van der Waals surface area (Å²) in [5, 5.41) is 0. The Morgan fingerprint density at radius 1 is 1.12 bits per heavy atom. The zero-order valence-corrected chi connectivity index (χ0v) is 16.2. The van der Waals surface area contributed by atoms with Crippen LogP contribution < -0.4 is 0 Å². The summed E-state index contributed by atoms with van der Waals surface area (Å²) < 4.78 is 0. The Morgan fingerprint density at radius 3 is 2.44 bits per heavy atom. The standard InChI is InChI=1S/C24H33N/c1-6-11-23(25(4)5)17-16-20(7-2)24-18-22(15-14-19(24)3)21-12-9-8-10-13-21/h6-7,14-18,21H,1-2,8-13H2,3-5H3/b20-16+,23-17+. The van der Waals surface area contributed by atoms with Crippen LogP contribution in [0.4, 0.5) is 0 Å². The van der Waals surface area contributed by atoms with Crippen molar-refractivity contribution in [2.75, 3.05) is 14.1 Å². The van der Waals surface area contributed by atoms with Crippen molar-refractivity contribution in [1.82, 2.24) is 4.90 Å². The quantitative estimate of drug-likeness (QED) is 0.399. The molecule has 0 aromatic heterocycles. The molecule has 134 valence electrons. The largest absolute Gasteiger partial charge is 0.381 e. The van der Waals surface area contributed by atoms with Crippen LogP contribution in [0.1, 0.15) is 61.1 Å². The SMILES string of the molecule is C=CC/C(=C\C=C(/C=C)c1cc(C2CCCCC2)ccc1C)N(C)C. The third-order valence-electron chi connectivity index (χ3n) is 5.25. The minimum Gasteiger partial charge on any atom is -0.381 e. The van der Waals surface area contributed by atoms with E-state index in [9.17, 15) is 0 Å². The molecule has 0 bridgehead atoms. The van der Waals surface area contributed by atoms with E-state index in [0.29, 0.717) is 0 Å². The van der Waals surface area contributed by atoms with Crippen molar-refractivity contribution >= 4 is 5.57 Å². The number of rotatable bonds is 7. The fourth-order valence-corrected chi connectivity index (χ4v) is 3.64. The maximum atomic E-state index is 4.06. The van der Waals surface area contributed by atoms with Crippen LogP contribution in [0, 0.1) is 6.92 Å². The second-order valence-corrected chi connectivity index (χ2v) is 7.28. The Bertz CT molecular complexity index is 655. The first-order valence-electron chi connectivity index (χ1n) is 9.49. The van der Waals surface area contributed by atoms with Crippen molar-refractivity contribution in [2.45, 2.75) is 51.4 Å². The van der Waals surface area contributed by atoms with E-state index >= 15 is 0 Å². The summed E-state index contributed by atoms with van der Waals surface area (Å²) in [6.45, 7) is 10.1. The molecule has 1 aliphatic carbocycles. The van der Waals surface area contributed by atoms with Gasteiger partial charge in [0.1, 0.15) is 0 Å². The molecule has 2 rings (SSSR count). The predicted octanol–water partition coefficient (Wildman–Crippen LogP) is 6.63. The van der Waals surface area contributed by atoms with E-state index in [1.165, 1.54) is 60.1 Å². The van der Waals surface area contributed by atoms with Gasteiger partial charge in [0.25, 0.3) is 0 Å². The Hall–Kier alpha value is -2.02. The van der Waals surface area contributed by atoms with Gasteiger partial charge in [-0.05, 0) is 54.0 Å². The molecular weight excluding hydrogens is 302 g/mol. The van der Waals surface area contributed by atoms with Crippen LogP contribution in [0.5, 0.6) is 0 Å². The Morgan fingerprint density at radius 2 is 1.84 bits per heavy atom. The summed E-state index contributed by atoms with van der Waals surface area (Å²) >= 11 is 0. The minimum atomic E-state index is 0.729. The van der Waals surface area contributed by atoms with Crippen LogP contribution in [-0.4, -0.2) is 19.0 Å². The van der Waals surface area contributed by atoms with Crippen LogP contribution in [0.25, 0.3) is 5.57 Å². The summed E-state index contributed by atoms with van der Waals surface area (Å²) in [7, 11) is 4.15. The summed E-state index contributed by atoms with van der Waals surface area (Å²) in [5.74, 6) is 0.729. The zero-order valence-electron chi connectivity index (χ0n) is 16.2. The molecule has 1 nitrogen and oxygen atoms in total. The molecule has 0 radical (unpaired) electrons. The van der Waals surface area contributed by atoms with Gasteiger partial charge in [-0.25, -0.2) is 0 Å². The molecule has 0 N–H and O–H groups in total. The van der Waals surface area contributed by atoms with E-state index in [1.807, 2.05) is 12.2 Å². The molecule has 1 heteroatoms. The normalized spacial score (nSPS) is 16.6. The van der Waals surface area contributed by atoms with E-state index in [-0.39, 0.29) is 0 Å². The van der Waals surface area contributed by atoms with Gasteiger partial charge in [0.15, 0.2) is 0 Å². The lowest BCUT2D eigenvalue weighted by Crippen LogP contribution is -2.10. The molecular formula is C24H33N. The first-order chi connectivity index (χ1) is 12.1. The molecule has 0 heterocycles. The Labute approximate surface area is 154 Å². The van der Waals surface area contributed by atoms with E-state index in [2.05, 4.69) is 69.4 Å². The number of aryl methyl sites for hydroxylation is 1. The fourth-order valence-electron chi connectivity index (χ4n) is 3.64. The number of hydrogen-bond donors (Lipinski definition) is 0. The van der Waals surface area contributed by atoms with E-state index in [4.69, 9.17) is 0 Å². The van der Waals surface area contributed by atoms with Crippen LogP contribution in [-0.2, 0) is 0 Å². The van der Waals surface area contributed by atoms with Crippen molar-refractivity contribution in [3.63, 3.8) is 0 Å². The molecule has 0 unspecified atom stereocenters. The molecule has 1 aromatic carbocycles. The van der Waals surface area contributed by atoms with Gasteiger partial charge in [-0.2, -0.15) is 0 Å². The first kappa shape index (κ1) is 19.3. The lowest BCUT2D eigenvalue weighted by Gasteiger charge is -2.23. The summed E-state index contributed by atoms with van der Waals surface area (Å²) in [4.78, 5) is 2.14. The second-order valence-electron chi connectivity index (χ2n) is 7.28. The lowest BCUT2D eigenvalue weighted by atomic mass is 9.82. The van der Waals surface area contributed by atoms with E-state index in [1.54, 1.807) is 0 Å². The minimum absolute atomic E-state index is 0.729. The average Bonchev–Trinajstić information content (AvgIpc) is 2.63. The molecule has 1 fully saturated rings. The highest BCUT2D eigenvalue weighted by molar-refractivity contribution is 5.77. The number of nitrogens with zero attached hydrogens (tertiary/aromatic N) is 1. The highest BCUT2D eigenvalue weighted by atomic mass is 15.1. The van der Waals surface area contributed by atoms with Crippen LogP contribution in [0.15, 0.2) is 61.4 Å². The van der Waals surface area contributed by atoms with Crippen molar-refractivity contribution in [3.05, 3.63) is 78.0 Å². The van der Waals surface area contributed by atoms with Crippen molar-refractivity contribution in [1.29, 1.82) is 0 Å². The summed E-state index contributed by atoms with van der Waals surface area (Å²) in [6.07, 6.45) is 16.0. The highest BCUT2D eigenvalue weighted by Crippen LogP contribution is 2.34. The third kappa shape index (κ3) is 5.22. The molecule has 0 atom stereocenters. The molecule has 0 spiro atoms. The van der Waals surface area contributed by atoms with Crippen molar-refractivity contribution < 1.29 is 0 Å². The van der Waals surface area contributed by atoms with Crippen molar-refractivity contribution in [3.8, 4) is 0 Å². The van der Waals surface area contributed by atoms with Crippen LogP contribution in [0.3, 0.4) is 0 Å². The molecule has 1 aromatic rings.